The van der Waals surface area contributed by atoms with Gasteiger partial charge in [-0.1, -0.05) is 0 Å². The summed E-state index contributed by atoms with van der Waals surface area (Å²) in [5.41, 5.74) is 8.51. The van der Waals surface area contributed by atoms with Gasteiger partial charge in [0.2, 0.25) is 0 Å². The Bertz CT molecular complexity index is 342. The molecule has 1 heterocycles. The average molecular weight is 207 g/mol. The Labute approximate surface area is 91.7 Å². The molecule has 1 fully saturated rings. The van der Waals surface area contributed by atoms with Crippen LogP contribution < -0.4 is 5.73 Å². The number of aromatic nitrogens is 2. The van der Waals surface area contributed by atoms with Gasteiger partial charge >= 0.3 is 0 Å². The van der Waals surface area contributed by atoms with Crippen molar-refractivity contribution >= 4 is 0 Å². The Hall–Kier alpha value is -0.830. The zero-order valence-electron chi connectivity index (χ0n) is 9.95. The third-order valence-corrected chi connectivity index (χ3v) is 2.90. The van der Waals surface area contributed by atoms with Crippen molar-refractivity contribution in [1.29, 1.82) is 0 Å². The van der Waals surface area contributed by atoms with Crippen molar-refractivity contribution in [3.05, 3.63) is 17.5 Å². The molecule has 0 radical (unpaired) electrons. The van der Waals surface area contributed by atoms with Gasteiger partial charge in [-0.05, 0) is 52.1 Å². The van der Waals surface area contributed by atoms with E-state index in [4.69, 9.17) is 5.73 Å². The highest BCUT2D eigenvalue weighted by atomic mass is 15.3. The fourth-order valence-corrected chi connectivity index (χ4v) is 2.07. The number of nitrogens with two attached hydrogens (primary N) is 1. The first-order chi connectivity index (χ1) is 7.04. The molecule has 15 heavy (non-hydrogen) atoms. The fraction of sp³-hybridized carbons (Fsp3) is 0.750. The molecule has 0 aromatic carbocycles. The summed E-state index contributed by atoms with van der Waals surface area (Å²) in [6.45, 7) is 7.34. The van der Waals surface area contributed by atoms with Crippen LogP contribution in [0.15, 0.2) is 6.20 Å². The van der Waals surface area contributed by atoms with E-state index in [2.05, 4.69) is 30.6 Å². The molecule has 0 spiro atoms. The highest BCUT2D eigenvalue weighted by Gasteiger charge is 2.32. The highest BCUT2D eigenvalue weighted by molar-refractivity contribution is 5.27. The van der Waals surface area contributed by atoms with Crippen LogP contribution in [-0.4, -0.2) is 16.3 Å². The molecule has 0 saturated heterocycles. The second kappa shape index (κ2) is 3.63. The third kappa shape index (κ3) is 2.07. The number of rotatable bonds is 3. The van der Waals surface area contributed by atoms with E-state index >= 15 is 0 Å². The molecule has 0 unspecified atom stereocenters. The lowest BCUT2D eigenvalue weighted by molar-refractivity contribution is 0.343. The SMILES string of the molecule is CC(C)(C)n1ncc(CCN)c1C1CC1. The molecule has 1 saturated carbocycles. The predicted octanol–water partition coefficient (Wildman–Crippen LogP) is 2.02. The third-order valence-electron chi connectivity index (χ3n) is 2.90. The van der Waals surface area contributed by atoms with Gasteiger partial charge in [-0.15, -0.1) is 0 Å². The second-order valence-electron chi connectivity index (χ2n) is 5.45. The van der Waals surface area contributed by atoms with Crippen LogP contribution in [0, 0.1) is 0 Å². The summed E-state index contributed by atoms with van der Waals surface area (Å²) in [5.74, 6) is 0.744. The molecule has 1 aromatic heterocycles. The molecule has 1 aliphatic carbocycles. The maximum atomic E-state index is 5.63. The second-order valence-corrected chi connectivity index (χ2v) is 5.45. The molecule has 3 nitrogen and oxygen atoms in total. The summed E-state index contributed by atoms with van der Waals surface area (Å²) in [6, 6.07) is 0. The lowest BCUT2D eigenvalue weighted by Gasteiger charge is -2.23. The lowest BCUT2D eigenvalue weighted by Crippen LogP contribution is -2.25. The molecule has 2 N–H and O–H groups in total. The van der Waals surface area contributed by atoms with Crippen LogP contribution >= 0.6 is 0 Å². The lowest BCUT2D eigenvalue weighted by atomic mass is 10.1. The minimum atomic E-state index is 0.0881. The Kier molecular flexibility index (Phi) is 2.59. The van der Waals surface area contributed by atoms with Crippen molar-refractivity contribution in [3.8, 4) is 0 Å². The van der Waals surface area contributed by atoms with Crippen molar-refractivity contribution in [1.82, 2.24) is 9.78 Å². The van der Waals surface area contributed by atoms with Crippen molar-refractivity contribution < 1.29 is 0 Å². The van der Waals surface area contributed by atoms with Crippen LogP contribution in [0.25, 0.3) is 0 Å². The van der Waals surface area contributed by atoms with Gasteiger partial charge in [0.1, 0.15) is 0 Å². The first-order valence-electron chi connectivity index (χ1n) is 5.81. The van der Waals surface area contributed by atoms with Gasteiger partial charge in [0.25, 0.3) is 0 Å². The van der Waals surface area contributed by atoms with Crippen LogP contribution in [0.1, 0.15) is 50.8 Å². The summed E-state index contributed by atoms with van der Waals surface area (Å²) >= 11 is 0. The van der Waals surface area contributed by atoms with E-state index in [1.807, 2.05) is 6.20 Å². The van der Waals surface area contributed by atoms with E-state index < -0.39 is 0 Å². The molecule has 3 heteroatoms. The molecule has 84 valence electrons. The number of nitrogens with zero attached hydrogens (tertiary/aromatic N) is 2. The van der Waals surface area contributed by atoms with Crippen molar-refractivity contribution in [2.45, 2.75) is 51.5 Å². The Morgan fingerprint density at radius 3 is 2.60 bits per heavy atom. The van der Waals surface area contributed by atoms with Gasteiger partial charge in [-0.25, -0.2) is 0 Å². The molecule has 0 atom stereocenters. The van der Waals surface area contributed by atoms with Crippen molar-refractivity contribution in [2.24, 2.45) is 5.73 Å². The molecule has 2 rings (SSSR count). The largest absolute Gasteiger partial charge is 0.330 e. The van der Waals surface area contributed by atoms with Crippen LogP contribution in [-0.2, 0) is 12.0 Å². The van der Waals surface area contributed by atoms with E-state index in [0.29, 0.717) is 0 Å². The maximum Gasteiger partial charge on any atom is 0.0546 e. The van der Waals surface area contributed by atoms with Gasteiger partial charge in [0.15, 0.2) is 0 Å². The quantitative estimate of drug-likeness (QED) is 0.824. The molecule has 0 aliphatic heterocycles. The zero-order valence-corrected chi connectivity index (χ0v) is 9.95. The van der Waals surface area contributed by atoms with Crippen LogP contribution in [0.3, 0.4) is 0 Å². The normalized spacial score (nSPS) is 17.1. The number of hydrogen-bond donors (Lipinski definition) is 1. The van der Waals surface area contributed by atoms with Crippen LogP contribution in [0.2, 0.25) is 0 Å². The van der Waals surface area contributed by atoms with E-state index in [1.54, 1.807) is 0 Å². The van der Waals surface area contributed by atoms with E-state index in [0.717, 1.165) is 18.9 Å². The molecular formula is C12H21N3. The van der Waals surface area contributed by atoms with Crippen LogP contribution in [0.4, 0.5) is 0 Å². The summed E-state index contributed by atoms with van der Waals surface area (Å²) in [6.07, 6.45) is 5.60. The van der Waals surface area contributed by atoms with Gasteiger partial charge in [-0.2, -0.15) is 5.10 Å². The minimum absolute atomic E-state index is 0.0881. The standard InChI is InChI=1S/C12H21N3/c1-12(2,3)15-11(9-4-5-9)10(6-7-13)8-14-15/h8-9H,4-7,13H2,1-3H3. The highest BCUT2D eigenvalue weighted by Crippen LogP contribution is 2.43. The average Bonchev–Trinajstić information content (AvgIpc) is 2.87. The predicted molar refractivity (Wildman–Crippen MR) is 62.0 cm³/mol. The molecule has 0 bridgehead atoms. The molecule has 0 amide bonds. The number of hydrogen-bond acceptors (Lipinski definition) is 2. The van der Waals surface area contributed by atoms with Crippen LogP contribution in [0.5, 0.6) is 0 Å². The van der Waals surface area contributed by atoms with E-state index in [-0.39, 0.29) is 5.54 Å². The maximum absolute atomic E-state index is 5.63. The van der Waals surface area contributed by atoms with Gasteiger partial charge < -0.3 is 5.73 Å². The Balaban J connectivity index is 2.38. The Morgan fingerprint density at radius 1 is 1.47 bits per heavy atom. The van der Waals surface area contributed by atoms with Crippen molar-refractivity contribution in [3.63, 3.8) is 0 Å². The minimum Gasteiger partial charge on any atom is -0.330 e. The topological polar surface area (TPSA) is 43.8 Å². The Morgan fingerprint density at radius 2 is 2.13 bits per heavy atom. The van der Waals surface area contributed by atoms with Gasteiger partial charge in [-0.3, -0.25) is 4.68 Å². The van der Waals surface area contributed by atoms with Gasteiger partial charge in [0.05, 0.1) is 11.7 Å². The molecule has 1 aliphatic rings. The smallest absolute Gasteiger partial charge is 0.0546 e. The van der Waals surface area contributed by atoms with E-state index in [1.165, 1.54) is 24.1 Å². The first-order valence-corrected chi connectivity index (χ1v) is 5.81. The summed E-state index contributed by atoms with van der Waals surface area (Å²) in [5, 5.41) is 4.53. The molecule has 1 aromatic rings. The van der Waals surface area contributed by atoms with E-state index in [9.17, 15) is 0 Å². The summed E-state index contributed by atoms with van der Waals surface area (Å²) in [7, 11) is 0. The first kappa shape index (κ1) is 10.7. The van der Waals surface area contributed by atoms with Crippen molar-refractivity contribution in [2.75, 3.05) is 6.54 Å². The monoisotopic (exact) mass is 207 g/mol. The fourth-order valence-electron chi connectivity index (χ4n) is 2.07. The summed E-state index contributed by atoms with van der Waals surface area (Å²) in [4.78, 5) is 0. The zero-order chi connectivity index (χ0) is 11.1. The summed E-state index contributed by atoms with van der Waals surface area (Å²) < 4.78 is 2.19. The van der Waals surface area contributed by atoms with Gasteiger partial charge in [0, 0.05) is 11.6 Å². The molecular weight excluding hydrogens is 186 g/mol.